The summed E-state index contributed by atoms with van der Waals surface area (Å²) < 4.78 is 7.21. The van der Waals surface area contributed by atoms with Crippen molar-refractivity contribution in [3.05, 3.63) is 11.3 Å². The number of nitrogens with one attached hydrogen (secondary N) is 1. The lowest BCUT2D eigenvalue weighted by Crippen LogP contribution is -2.31. The SMILES string of the molecule is CCc1nn(C)c(OC)c1CNCC(C)(C)CC(C)O. The zero-order valence-electron chi connectivity index (χ0n) is 13.7. The molecule has 0 saturated carbocycles. The summed E-state index contributed by atoms with van der Waals surface area (Å²) >= 11 is 0. The number of aryl methyl sites for hydroxylation is 2. The Morgan fingerprint density at radius 1 is 1.45 bits per heavy atom. The summed E-state index contributed by atoms with van der Waals surface area (Å²) in [5.41, 5.74) is 2.27. The molecule has 0 bridgehead atoms. The summed E-state index contributed by atoms with van der Waals surface area (Å²) in [6.07, 6.45) is 1.40. The lowest BCUT2D eigenvalue weighted by atomic mass is 9.87. The maximum absolute atomic E-state index is 9.51. The maximum Gasteiger partial charge on any atom is 0.216 e. The van der Waals surface area contributed by atoms with Crippen LogP contribution in [-0.2, 0) is 20.0 Å². The van der Waals surface area contributed by atoms with Gasteiger partial charge in [-0.25, -0.2) is 4.68 Å². The average molecular weight is 283 g/mol. The Kier molecular flexibility index (Phi) is 6.02. The molecule has 1 aromatic rings. The van der Waals surface area contributed by atoms with Crippen molar-refractivity contribution in [3.63, 3.8) is 0 Å². The van der Waals surface area contributed by atoms with Crippen LogP contribution in [0, 0.1) is 5.41 Å². The molecule has 1 aromatic heterocycles. The highest BCUT2D eigenvalue weighted by atomic mass is 16.5. The predicted molar refractivity (Wildman–Crippen MR) is 80.9 cm³/mol. The third-order valence-electron chi connectivity index (χ3n) is 3.45. The molecule has 1 rings (SSSR count). The molecule has 0 aliphatic rings. The first-order valence-corrected chi connectivity index (χ1v) is 7.28. The number of methoxy groups -OCH3 is 1. The van der Waals surface area contributed by atoms with Crippen LogP contribution in [0.3, 0.4) is 0 Å². The second kappa shape index (κ2) is 7.09. The van der Waals surface area contributed by atoms with Crippen molar-refractivity contribution in [1.82, 2.24) is 15.1 Å². The van der Waals surface area contributed by atoms with Gasteiger partial charge in [0.05, 0.1) is 24.5 Å². The summed E-state index contributed by atoms with van der Waals surface area (Å²) in [6.45, 7) is 9.84. The molecule has 20 heavy (non-hydrogen) atoms. The summed E-state index contributed by atoms with van der Waals surface area (Å²) in [5, 5.41) is 17.5. The van der Waals surface area contributed by atoms with Crippen molar-refractivity contribution < 1.29 is 9.84 Å². The van der Waals surface area contributed by atoms with Crippen molar-refractivity contribution in [2.45, 2.75) is 53.2 Å². The molecule has 116 valence electrons. The van der Waals surface area contributed by atoms with Gasteiger partial charge in [0.1, 0.15) is 0 Å². The van der Waals surface area contributed by atoms with E-state index in [0.717, 1.165) is 43.1 Å². The van der Waals surface area contributed by atoms with E-state index in [2.05, 4.69) is 31.2 Å². The number of ether oxygens (including phenoxy) is 1. The predicted octanol–water partition coefficient (Wildman–Crippen LogP) is 1.88. The Hall–Kier alpha value is -1.07. The molecular weight excluding hydrogens is 254 g/mol. The minimum atomic E-state index is -0.272. The second-order valence-electron chi connectivity index (χ2n) is 6.23. The van der Waals surface area contributed by atoms with Gasteiger partial charge in [-0.2, -0.15) is 5.10 Å². The van der Waals surface area contributed by atoms with E-state index in [4.69, 9.17) is 4.74 Å². The van der Waals surface area contributed by atoms with Crippen LogP contribution in [0.5, 0.6) is 5.88 Å². The van der Waals surface area contributed by atoms with E-state index in [1.807, 2.05) is 14.0 Å². The summed E-state index contributed by atoms with van der Waals surface area (Å²) in [6, 6.07) is 0. The van der Waals surface area contributed by atoms with Crippen LogP contribution < -0.4 is 10.1 Å². The normalized spacial score (nSPS) is 13.6. The second-order valence-corrected chi connectivity index (χ2v) is 6.23. The van der Waals surface area contributed by atoms with E-state index in [-0.39, 0.29) is 11.5 Å². The minimum absolute atomic E-state index is 0.0655. The molecule has 0 aliphatic heterocycles. The molecule has 0 aliphatic carbocycles. The van der Waals surface area contributed by atoms with E-state index in [1.54, 1.807) is 11.8 Å². The molecule has 0 saturated heterocycles. The fraction of sp³-hybridized carbons (Fsp3) is 0.800. The van der Waals surface area contributed by atoms with Crippen molar-refractivity contribution in [3.8, 4) is 5.88 Å². The molecule has 0 aromatic carbocycles. The fourth-order valence-corrected chi connectivity index (χ4v) is 2.72. The van der Waals surface area contributed by atoms with E-state index in [9.17, 15) is 5.11 Å². The zero-order valence-corrected chi connectivity index (χ0v) is 13.7. The van der Waals surface area contributed by atoms with Crippen molar-refractivity contribution in [2.75, 3.05) is 13.7 Å². The number of aliphatic hydroxyl groups is 1. The molecule has 0 spiro atoms. The number of hydrogen-bond acceptors (Lipinski definition) is 4. The quantitative estimate of drug-likeness (QED) is 0.765. The van der Waals surface area contributed by atoms with E-state index < -0.39 is 0 Å². The van der Waals surface area contributed by atoms with Gasteiger partial charge in [0.25, 0.3) is 0 Å². The average Bonchev–Trinajstić information content (AvgIpc) is 2.63. The fourth-order valence-electron chi connectivity index (χ4n) is 2.72. The van der Waals surface area contributed by atoms with Crippen LogP contribution in [0.25, 0.3) is 0 Å². The van der Waals surface area contributed by atoms with Crippen LogP contribution in [0.1, 0.15) is 45.4 Å². The van der Waals surface area contributed by atoms with E-state index in [0.29, 0.717) is 0 Å². The van der Waals surface area contributed by atoms with Crippen LogP contribution in [0.4, 0.5) is 0 Å². The maximum atomic E-state index is 9.51. The summed E-state index contributed by atoms with van der Waals surface area (Å²) in [7, 11) is 3.58. The van der Waals surface area contributed by atoms with Gasteiger partial charge in [-0.15, -0.1) is 0 Å². The molecule has 5 heteroatoms. The summed E-state index contributed by atoms with van der Waals surface area (Å²) in [5.74, 6) is 0.822. The molecular formula is C15H29N3O2. The van der Waals surface area contributed by atoms with Crippen LogP contribution in [0.15, 0.2) is 0 Å². The monoisotopic (exact) mass is 283 g/mol. The molecule has 0 fully saturated rings. The third-order valence-corrected chi connectivity index (χ3v) is 3.45. The summed E-state index contributed by atoms with van der Waals surface area (Å²) in [4.78, 5) is 0. The van der Waals surface area contributed by atoms with Crippen molar-refractivity contribution in [2.24, 2.45) is 12.5 Å². The number of nitrogens with zero attached hydrogens (tertiary/aromatic N) is 2. The van der Waals surface area contributed by atoms with Crippen LogP contribution in [0.2, 0.25) is 0 Å². The molecule has 2 N–H and O–H groups in total. The highest BCUT2D eigenvalue weighted by Gasteiger charge is 2.21. The molecule has 0 radical (unpaired) electrons. The highest BCUT2D eigenvalue weighted by Crippen LogP contribution is 2.24. The third kappa shape index (κ3) is 4.49. The number of hydrogen-bond donors (Lipinski definition) is 2. The smallest absolute Gasteiger partial charge is 0.216 e. The van der Waals surface area contributed by atoms with Crippen molar-refractivity contribution in [1.29, 1.82) is 0 Å². The molecule has 1 heterocycles. The van der Waals surface area contributed by atoms with Gasteiger partial charge < -0.3 is 15.2 Å². The first-order valence-electron chi connectivity index (χ1n) is 7.28. The Balaban J connectivity index is 2.66. The topological polar surface area (TPSA) is 59.3 Å². The van der Waals surface area contributed by atoms with Gasteiger partial charge in [0.15, 0.2) is 0 Å². The first kappa shape index (κ1) is 17.0. The lowest BCUT2D eigenvalue weighted by molar-refractivity contribution is 0.128. The Labute approximate surface area is 122 Å². The Morgan fingerprint density at radius 2 is 2.10 bits per heavy atom. The molecule has 5 nitrogen and oxygen atoms in total. The zero-order chi connectivity index (χ0) is 15.3. The number of aliphatic hydroxyl groups excluding tert-OH is 1. The van der Waals surface area contributed by atoms with Crippen LogP contribution in [-0.4, -0.2) is 34.6 Å². The van der Waals surface area contributed by atoms with Gasteiger partial charge in [0.2, 0.25) is 5.88 Å². The first-order chi connectivity index (χ1) is 9.30. The van der Waals surface area contributed by atoms with Gasteiger partial charge in [-0.05, 0) is 25.2 Å². The molecule has 1 atom stereocenters. The lowest BCUT2D eigenvalue weighted by Gasteiger charge is -2.26. The highest BCUT2D eigenvalue weighted by molar-refractivity contribution is 5.31. The molecule has 0 amide bonds. The largest absolute Gasteiger partial charge is 0.481 e. The van der Waals surface area contributed by atoms with E-state index >= 15 is 0 Å². The number of aromatic nitrogens is 2. The minimum Gasteiger partial charge on any atom is -0.481 e. The van der Waals surface area contributed by atoms with Crippen molar-refractivity contribution >= 4 is 0 Å². The molecule has 1 unspecified atom stereocenters. The standard InChI is InChI=1S/C15H29N3O2/c1-7-13-12(14(20-6)18(5)17-13)9-16-10-15(3,4)8-11(2)19/h11,16,19H,7-10H2,1-6H3. The van der Waals surface area contributed by atoms with Gasteiger partial charge >= 0.3 is 0 Å². The number of rotatable bonds is 8. The Morgan fingerprint density at radius 3 is 2.60 bits per heavy atom. The van der Waals surface area contributed by atoms with Crippen LogP contribution >= 0.6 is 0 Å². The van der Waals surface area contributed by atoms with E-state index in [1.165, 1.54) is 0 Å². The van der Waals surface area contributed by atoms with Gasteiger partial charge in [-0.3, -0.25) is 0 Å². The van der Waals surface area contributed by atoms with Gasteiger partial charge in [-0.1, -0.05) is 20.8 Å². The van der Waals surface area contributed by atoms with Gasteiger partial charge in [0, 0.05) is 20.1 Å². The Bertz CT molecular complexity index is 425.